The molecule has 1 aliphatic rings. The van der Waals surface area contributed by atoms with E-state index in [0.717, 1.165) is 12.2 Å². The molecule has 0 unspecified atom stereocenters. The predicted molar refractivity (Wildman–Crippen MR) is 56.0 cm³/mol. The number of anilines is 2. The van der Waals surface area contributed by atoms with Crippen molar-refractivity contribution in [3.8, 4) is 0 Å². The van der Waals surface area contributed by atoms with Crippen LogP contribution >= 0.6 is 0 Å². The van der Waals surface area contributed by atoms with E-state index in [1.165, 1.54) is 12.1 Å². The lowest BCUT2D eigenvalue weighted by atomic mass is 10.2. The summed E-state index contributed by atoms with van der Waals surface area (Å²) in [6.45, 7) is 2.70. The van der Waals surface area contributed by atoms with E-state index in [1.807, 2.05) is 11.9 Å². The number of nitrogens with one attached hydrogen (secondary N) is 2. The second-order valence-corrected chi connectivity index (χ2v) is 4.56. The Kier molecular flexibility index (Phi) is 2.29. The summed E-state index contributed by atoms with van der Waals surface area (Å²) >= 11 is 0. The van der Waals surface area contributed by atoms with Crippen molar-refractivity contribution in [3.05, 3.63) is 18.2 Å². The molecule has 0 aliphatic carbocycles. The lowest BCUT2D eigenvalue weighted by Gasteiger charge is -2.14. The number of hydrazine groups is 2. The van der Waals surface area contributed by atoms with Crippen LogP contribution in [0.1, 0.15) is 6.92 Å². The minimum Gasteiger partial charge on any atom is -0.302 e. The van der Waals surface area contributed by atoms with Crippen molar-refractivity contribution in [3.63, 3.8) is 0 Å². The molecule has 0 amide bonds. The van der Waals surface area contributed by atoms with Gasteiger partial charge < -0.3 is 5.43 Å². The van der Waals surface area contributed by atoms with E-state index < -0.39 is 10.1 Å². The second kappa shape index (κ2) is 3.37. The highest BCUT2D eigenvalue weighted by atomic mass is 32.2. The van der Waals surface area contributed by atoms with Gasteiger partial charge in [-0.25, -0.2) is 0 Å². The van der Waals surface area contributed by atoms with Gasteiger partial charge in [-0.05, 0) is 25.1 Å². The zero-order valence-corrected chi connectivity index (χ0v) is 8.87. The molecule has 2 rings (SSSR count). The van der Waals surface area contributed by atoms with Crippen molar-refractivity contribution >= 4 is 21.5 Å². The highest BCUT2D eigenvalue weighted by molar-refractivity contribution is 7.85. The van der Waals surface area contributed by atoms with E-state index in [1.54, 1.807) is 6.07 Å². The Morgan fingerprint density at radius 1 is 1.47 bits per heavy atom. The highest BCUT2D eigenvalue weighted by Gasteiger charge is 2.19. The molecule has 0 fully saturated rings. The van der Waals surface area contributed by atoms with E-state index in [0.29, 0.717) is 5.69 Å². The van der Waals surface area contributed by atoms with Crippen molar-refractivity contribution in [1.82, 2.24) is 5.53 Å². The molecule has 0 saturated carbocycles. The van der Waals surface area contributed by atoms with Crippen LogP contribution < -0.4 is 16.0 Å². The monoisotopic (exact) mass is 229 g/mol. The van der Waals surface area contributed by atoms with Gasteiger partial charge in [0.15, 0.2) is 0 Å². The molecule has 0 radical (unpaired) electrons. The molecule has 1 aromatic carbocycles. The lowest BCUT2D eigenvalue weighted by molar-refractivity contribution is 0.483. The van der Waals surface area contributed by atoms with Gasteiger partial charge in [0.05, 0.1) is 16.3 Å². The summed E-state index contributed by atoms with van der Waals surface area (Å²) in [4.78, 5) is -0.117. The van der Waals surface area contributed by atoms with Gasteiger partial charge in [-0.3, -0.25) is 9.56 Å². The van der Waals surface area contributed by atoms with Crippen LogP contribution in [0.25, 0.3) is 0 Å². The van der Waals surface area contributed by atoms with E-state index >= 15 is 0 Å². The summed E-state index contributed by atoms with van der Waals surface area (Å²) in [5.41, 5.74) is 7.15. The first-order chi connectivity index (χ1) is 7.02. The van der Waals surface area contributed by atoms with Gasteiger partial charge in [0.2, 0.25) is 0 Å². The van der Waals surface area contributed by atoms with E-state index in [9.17, 15) is 8.42 Å². The number of hydrogen-bond donors (Lipinski definition) is 3. The van der Waals surface area contributed by atoms with E-state index in [4.69, 9.17) is 4.55 Å². The van der Waals surface area contributed by atoms with Crippen LogP contribution in [0.15, 0.2) is 23.1 Å². The lowest BCUT2D eigenvalue weighted by Crippen LogP contribution is -2.35. The van der Waals surface area contributed by atoms with Crippen LogP contribution in [0.3, 0.4) is 0 Å². The van der Waals surface area contributed by atoms with Crippen LogP contribution in [-0.2, 0) is 10.1 Å². The maximum atomic E-state index is 10.9. The summed E-state index contributed by atoms with van der Waals surface area (Å²) in [5, 5.41) is 1.82. The van der Waals surface area contributed by atoms with Gasteiger partial charge in [-0.2, -0.15) is 8.42 Å². The smallest absolute Gasteiger partial charge is 0.294 e. The number of nitrogens with zero attached hydrogens (tertiary/aromatic N) is 1. The van der Waals surface area contributed by atoms with Gasteiger partial charge in [0.25, 0.3) is 10.1 Å². The molecule has 0 spiro atoms. The van der Waals surface area contributed by atoms with Crippen LogP contribution in [0.5, 0.6) is 0 Å². The van der Waals surface area contributed by atoms with Crippen molar-refractivity contribution < 1.29 is 13.0 Å². The fraction of sp³-hybridized carbons (Fsp3) is 0.250. The highest BCUT2D eigenvalue weighted by Crippen LogP contribution is 2.30. The summed E-state index contributed by atoms with van der Waals surface area (Å²) in [6, 6.07) is 4.38. The number of hydrogen-bond acceptors (Lipinski definition) is 5. The molecule has 1 aromatic rings. The predicted octanol–water partition coefficient (Wildman–Crippen LogP) is 0.605. The standard InChI is InChI=1S/C8H11N3O3S/c1-2-11-8-4-3-6(15(12,13)14)5-7(8)9-10-11/h3-5,9-10H,2H2,1H3,(H,12,13,14). The Hall–Kier alpha value is -1.31. The number of rotatable bonds is 2. The Labute approximate surface area is 87.6 Å². The zero-order chi connectivity index (χ0) is 11.1. The average Bonchev–Trinajstić information content (AvgIpc) is 2.58. The minimum atomic E-state index is -4.13. The van der Waals surface area contributed by atoms with Crippen LogP contribution in [-0.4, -0.2) is 19.5 Å². The minimum absolute atomic E-state index is 0.117. The van der Waals surface area contributed by atoms with Gasteiger partial charge in [0, 0.05) is 6.54 Å². The van der Waals surface area contributed by atoms with Crippen molar-refractivity contribution in [1.29, 1.82) is 0 Å². The quantitative estimate of drug-likeness (QED) is 0.644. The number of benzene rings is 1. The fourth-order valence-corrected chi connectivity index (χ4v) is 1.96. The Balaban J connectivity index is 2.46. The first-order valence-corrected chi connectivity index (χ1v) is 5.87. The molecule has 3 N–H and O–H groups in total. The van der Waals surface area contributed by atoms with Crippen molar-refractivity contribution in [2.24, 2.45) is 0 Å². The first-order valence-electron chi connectivity index (χ1n) is 4.43. The SMILES string of the molecule is CCN1NNc2cc(S(=O)(=O)O)ccc21. The molecule has 0 atom stereocenters. The van der Waals surface area contributed by atoms with Crippen molar-refractivity contribution in [2.45, 2.75) is 11.8 Å². The molecule has 15 heavy (non-hydrogen) atoms. The maximum Gasteiger partial charge on any atom is 0.294 e. The molecular formula is C8H11N3O3S. The second-order valence-electron chi connectivity index (χ2n) is 3.14. The van der Waals surface area contributed by atoms with Crippen LogP contribution in [0.4, 0.5) is 11.4 Å². The summed E-state index contributed by atoms with van der Waals surface area (Å²) in [6.07, 6.45) is 0. The Morgan fingerprint density at radius 2 is 2.20 bits per heavy atom. The molecular weight excluding hydrogens is 218 g/mol. The molecule has 6 nitrogen and oxygen atoms in total. The van der Waals surface area contributed by atoms with Crippen molar-refractivity contribution in [2.75, 3.05) is 17.0 Å². The molecule has 0 bridgehead atoms. The normalized spacial score (nSPS) is 14.9. The topological polar surface area (TPSA) is 81.7 Å². The first kappa shape index (κ1) is 10.2. The summed E-state index contributed by atoms with van der Waals surface area (Å²) in [5.74, 6) is 0. The molecule has 7 heteroatoms. The summed E-state index contributed by atoms with van der Waals surface area (Å²) in [7, 11) is -4.13. The fourth-order valence-electron chi connectivity index (χ4n) is 1.45. The zero-order valence-electron chi connectivity index (χ0n) is 8.06. The third kappa shape index (κ3) is 1.76. The third-order valence-corrected chi connectivity index (χ3v) is 3.05. The maximum absolute atomic E-state index is 10.9. The third-order valence-electron chi connectivity index (χ3n) is 2.20. The van der Waals surface area contributed by atoms with Gasteiger partial charge in [-0.15, -0.1) is 5.53 Å². The van der Waals surface area contributed by atoms with Crippen LogP contribution in [0.2, 0.25) is 0 Å². The Morgan fingerprint density at radius 3 is 2.80 bits per heavy atom. The van der Waals surface area contributed by atoms with Gasteiger partial charge in [0.1, 0.15) is 0 Å². The molecule has 82 valence electrons. The van der Waals surface area contributed by atoms with Crippen LogP contribution in [0, 0.1) is 0 Å². The molecule has 1 heterocycles. The van der Waals surface area contributed by atoms with Gasteiger partial charge in [-0.1, -0.05) is 0 Å². The average molecular weight is 229 g/mol. The molecule has 0 saturated heterocycles. The Bertz CT molecular complexity index is 486. The van der Waals surface area contributed by atoms with E-state index in [2.05, 4.69) is 11.0 Å². The van der Waals surface area contributed by atoms with Gasteiger partial charge >= 0.3 is 0 Å². The molecule has 0 aromatic heterocycles. The molecule has 1 aliphatic heterocycles. The summed E-state index contributed by atoms with van der Waals surface area (Å²) < 4.78 is 30.6. The van der Waals surface area contributed by atoms with E-state index in [-0.39, 0.29) is 4.90 Å². The largest absolute Gasteiger partial charge is 0.302 e. The number of fused-ring (bicyclic) bond motifs is 1.